The van der Waals surface area contributed by atoms with Crippen molar-refractivity contribution >= 4 is 15.9 Å². The van der Waals surface area contributed by atoms with Crippen molar-refractivity contribution in [2.45, 2.75) is 31.1 Å². The lowest BCUT2D eigenvalue weighted by molar-refractivity contribution is 0.0952. The van der Waals surface area contributed by atoms with Gasteiger partial charge < -0.3 is 10.2 Å². The standard InChI is InChI=1S/C17H27N3O3S/c1-3-4-5-9-18-17(21)15-7-6-8-16(14-15)24(22,23)20-12-10-19(2)11-13-20/h6-8,14H,3-5,9-13H2,1-2H3,(H,18,21). The molecule has 0 saturated carbocycles. The number of unbranched alkanes of at least 4 members (excludes halogenated alkanes) is 2. The molecule has 6 nitrogen and oxygen atoms in total. The molecule has 0 aromatic heterocycles. The highest BCUT2D eigenvalue weighted by molar-refractivity contribution is 7.89. The molecule has 0 unspecified atom stereocenters. The summed E-state index contributed by atoms with van der Waals surface area (Å²) in [6, 6.07) is 6.31. The molecular weight excluding hydrogens is 326 g/mol. The molecule has 0 radical (unpaired) electrons. The van der Waals surface area contributed by atoms with Crippen LogP contribution in [0, 0.1) is 0 Å². The maximum Gasteiger partial charge on any atom is 0.251 e. The van der Waals surface area contributed by atoms with Crippen molar-refractivity contribution in [1.82, 2.24) is 14.5 Å². The maximum absolute atomic E-state index is 12.7. The molecule has 1 fully saturated rings. The van der Waals surface area contributed by atoms with Gasteiger partial charge in [0.1, 0.15) is 0 Å². The quantitative estimate of drug-likeness (QED) is 0.755. The second-order valence-corrected chi connectivity index (χ2v) is 8.14. The van der Waals surface area contributed by atoms with Crippen LogP contribution >= 0.6 is 0 Å². The number of hydrogen-bond donors (Lipinski definition) is 1. The van der Waals surface area contributed by atoms with Gasteiger partial charge in [-0.3, -0.25) is 4.79 Å². The summed E-state index contributed by atoms with van der Waals surface area (Å²) in [5.74, 6) is -0.221. The Balaban J connectivity index is 2.07. The van der Waals surface area contributed by atoms with Gasteiger partial charge in [0.05, 0.1) is 4.90 Å². The van der Waals surface area contributed by atoms with Gasteiger partial charge in [0.15, 0.2) is 0 Å². The van der Waals surface area contributed by atoms with E-state index in [1.807, 2.05) is 7.05 Å². The summed E-state index contributed by atoms with van der Waals surface area (Å²) in [5, 5.41) is 2.84. The van der Waals surface area contributed by atoms with Crippen LogP contribution < -0.4 is 5.32 Å². The maximum atomic E-state index is 12.7. The fraction of sp³-hybridized carbons (Fsp3) is 0.588. The molecule has 0 aliphatic carbocycles. The number of rotatable bonds is 7. The summed E-state index contributed by atoms with van der Waals surface area (Å²) in [5.41, 5.74) is 0.390. The highest BCUT2D eigenvalue weighted by atomic mass is 32.2. The van der Waals surface area contributed by atoms with Crippen LogP contribution in [0.5, 0.6) is 0 Å². The van der Waals surface area contributed by atoms with E-state index in [0.29, 0.717) is 25.2 Å². The predicted octanol–water partition coefficient (Wildman–Crippen LogP) is 1.54. The number of hydrogen-bond acceptors (Lipinski definition) is 4. The lowest BCUT2D eigenvalue weighted by atomic mass is 10.2. The molecule has 0 bridgehead atoms. The largest absolute Gasteiger partial charge is 0.352 e. The number of carbonyl (C=O) groups is 1. The summed E-state index contributed by atoms with van der Waals surface area (Å²) >= 11 is 0. The molecule has 24 heavy (non-hydrogen) atoms. The first kappa shape index (κ1) is 18.9. The first-order valence-electron chi connectivity index (χ1n) is 8.52. The summed E-state index contributed by atoms with van der Waals surface area (Å²) < 4.78 is 27.0. The number of nitrogens with zero attached hydrogens (tertiary/aromatic N) is 2. The third-order valence-corrected chi connectivity index (χ3v) is 6.16. The van der Waals surface area contributed by atoms with Gasteiger partial charge in [-0.2, -0.15) is 4.31 Å². The van der Waals surface area contributed by atoms with Gasteiger partial charge >= 0.3 is 0 Å². The Bertz CT molecular complexity index is 653. The molecule has 0 atom stereocenters. The van der Waals surface area contributed by atoms with E-state index in [2.05, 4.69) is 17.1 Å². The number of likely N-dealkylation sites (N-methyl/N-ethyl adjacent to an activating group) is 1. The average Bonchev–Trinajstić information content (AvgIpc) is 2.59. The molecule has 1 aliphatic rings. The van der Waals surface area contributed by atoms with Crippen molar-refractivity contribution in [2.24, 2.45) is 0 Å². The first-order valence-corrected chi connectivity index (χ1v) is 9.96. The second-order valence-electron chi connectivity index (χ2n) is 6.20. The van der Waals surface area contributed by atoms with Crippen LogP contribution in [0.1, 0.15) is 36.5 Å². The van der Waals surface area contributed by atoms with Crippen LogP contribution in [0.4, 0.5) is 0 Å². The van der Waals surface area contributed by atoms with E-state index in [-0.39, 0.29) is 10.8 Å². The molecule has 134 valence electrons. The lowest BCUT2D eigenvalue weighted by Crippen LogP contribution is -2.47. The Morgan fingerprint density at radius 1 is 1.17 bits per heavy atom. The lowest BCUT2D eigenvalue weighted by Gasteiger charge is -2.31. The van der Waals surface area contributed by atoms with Crippen molar-refractivity contribution in [3.63, 3.8) is 0 Å². The van der Waals surface area contributed by atoms with Crippen molar-refractivity contribution in [3.05, 3.63) is 29.8 Å². The summed E-state index contributed by atoms with van der Waals surface area (Å²) in [4.78, 5) is 14.5. The van der Waals surface area contributed by atoms with Gasteiger partial charge in [0.2, 0.25) is 10.0 Å². The van der Waals surface area contributed by atoms with E-state index >= 15 is 0 Å². The number of sulfonamides is 1. The highest BCUT2D eigenvalue weighted by Crippen LogP contribution is 2.18. The van der Waals surface area contributed by atoms with E-state index in [1.54, 1.807) is 18.2 Å². The molecule has 1 aromatic rings. The average molecular weight is 353 g/mol. The molecule has 1 saturated heterocycles. The van der Waals surface area contributed by atoms with E-state index < -0.39 is 10.0 Å². The molecule has 1 aromatic carbocycles. The highest BCUT2D eigenvalue weighted by Gasteiger charge is 2.27. The number of carbonyl (C=O) groups excluding carboxylic acids is 1. The topological polar surface area (TPSA) is 69.7 Å². The molecule has 7 heteroatoms. The van der Waals surface area contributed by atoms with E-state index in [4.69, 9.17) is 0 Å². The summed E-state index contributed by atoms with van der Waals surface area (Å²) in [6.07, 6.45) is 3.09. The van der Waals surface area contributed by atoms with Crippen molar-refractivity contribution in [2.75, 3.05) is 39.8 Å². The zero-order chi connectivity index (χ0) is 17.6. The van der Waals surface area contributed by atoms with Crippen LogP contribution in [-0.2, 0) is 10.0 Å². The minimum atomic E-state index is -3.54. The van der Waals surface area contributed by atoms with Gasteiger partial charge in [0, 0.05) is 38.3 Å². The molecule has 1 N–H and O–H groups in total. The predicted molar refractivity (Wildman–Crippen MR) is 94.6 cm³/mol. The van der Waals surface area contributed by atoms with Crippen LogP contribution in [0.2, 0.25) is 0 Å². The number of benzene rings is 1. The monoisotopic (exact) mass is 353 g/mol. The first-order chi connectivity index (χ1) is 11.4. The minimum absolute atomic E-state index is 0.188. The molecule has 2 rings (SSSR count). The Labute approximate surface area is 144 Å². The zero-order valence-electron chi connectivity index (χ0n) is 14.5. The van der Waals surface area contributed by atoms with Crippen LogP contribution in [0.25, 0.3) is 0 Å². The van der Waals surface area contributed by atoms with Gasteiger partial charge in [-0.25, -0.2) is 8.42 Å². The third kappa shape index (κ3) is 4.78. The molecule has 1 heterocycles. The Kier molecular flexibility index (Phi) is 6.77. The zero-order valence-corrected chi connectivity index (χ0v) is 15.3. The molecule has 1 aliphatic heterocycles. The van der Waals surface area contributed by atoms with Crippen molar-refractivity contribution in [3.8, 4) is 0 Å². The summed E-state index contributed by atoms with van der Waals surface area (Å²) in [7, 11) is -1.56. The molecule has 0 spiro atoms. The van der Waals surface area contributed by atoms with Gasteiger partial charge in [0.25, 0.3) is 5.91 Å². The van der Waals surface area contributed by atoms with E-state index in [9.17, 15) is 13.2 Å². The molecule has 1 amide bonds. The fourth-order valence-corrected chi connectivity index (χ4v) is 4.12. The Morgan fingerprint density at radius 3 is 2.54 bits per heavy atom. The van der Waals surface area contributed by atoms with E-state index in [1.165, 1.54) is 10.4 Å². The number of amides is 1. The van der Waals surface area contributed by atoms with Gasteiger partial charge in [-0.1, -0.05) is 25.8 Å². The number of piperazine rings is 1. The Morgan fingerprint density at radius 2 is 1.88 bits per heavy atom. The van der Waals surface area contributed by atoms with Gasteiger partial charge in [-0.05, 0) is 31.7 Å². The van der Waals surface area contributed by atoms with Crippen LogP contribution in [-0.4, -0.2) is 63.3 Å². The fourth-order valence-electron chi connectivity index (χ4n) is 2.65. The SMILES string of the molecule is CCCCCNC(=O)c1cccc(S(=O)(=O)N2CCN(C)CC2)c1. The summed E-state index contributed by atoms with van der Waals surface area (Å²) in [6.45, 7) is 5.11. The molecular formula is C17H27N3O3S. The van der Waals surface area contributed by atoms with Crippen LogP contribution in [0.3, 0.4) is 0 Å². The third-order valence-electron chi connectivity index (χ3n) is 4.26. The van der Waals surface area contributed by atoms with Crippen molar-refractivity contribution < 1.29 is 13.2 Å². The second kappa shape index (κ2) is 8.60. The van der Waals surface area contributed by atoms with Gasteiger partial charge in [-0.15, -0.1) is 0 Å². The Hall–Kier alpha value is -1.44. The van der Waals surface area contributed by atoms with Crippen molar-refractivity contribution in [1.29, 1.82) is 0 Å². The minimum Gasteiger partial charge on any atom is -0.352 e. The van der Waals surface area contributed by atoms with E-state index in [0.717, 1.165) is 32.4 Å². The normalized spacial score (nSPS) is 16.9. The smallest absolute Gasteiger partial charge is 0.251 e. The number of nitrogens with one attached hydrogen (secondary N) is 1. The van der Waals surface area contributed by atoms with Crippen LogP contribution in [0.15, 0.2) is 29.2 Å².